The molecule has 0 amide bonds. The van der Waals surface area contributed by atoms with E-state index in [1.165, 1.54) is 112 Å². The molecule has 8 aromatic carbocycles. The second-order valence-corrected chi connectivity index (χ2v) is 20.0. The van der Waals surface area contributed by atoms with E-state index in [-0.39, 0.29) is 0 Å². The third-order valence-electron chi connectivity index (χ3n) is 11.1. The van der Waals surface area contributed by atoms with E-state index in [0.717, 1.165) is 35.2 Å². The van der Waals surface area contributed by atoms with Crippen LogP contribution in [-0.4, -0.2) is 9.52 Å². The van der Waals surface area contributed by atoms with Crippen molar-refractivity contribution in [2.75, 3.05) is 0 Å². The van der Waals surface area contributed by atoms with Crippen LogP contribution in [0.1, 0.15) is 73.9 Å². The summed E-state index contributed by atoms with van der Waals surface area (Å²) in [7, 11) is 10.7. The van der Waals surface area contributed by atoms with Crippen LogP contribution in [0.3, 0.4) is 0 Å². The molecule has 0 saturated heterocycles. The fraction of sp³-hybridized carbons (Fsp3) is 0.222. The van der Waals surface area contributed by atoms with Gasteiger partial charge in [0, 0.05) is 0 Å². The first-order valence-electron chi connectivity index (χ1n) is 20.7. The number of fused-ring (bicyclic) bond motifs is 5. The molecule has 8 aromatic rings. The predicted octanol–water partition coefficient (Wildman–Crippen LogP) is 14.6. The minimum atomic E-state index is -0.826. The van der Waals surface area contributed by atoms with E-state index >= 15 is 0 Å². The maximum atomic E-state index is 4.93. The Hall–Kier alpha value is -3.78. The molecule has 0 aromatic heterocycles. The molecule has 1 aliphatic heterocycles. The van der Waals surface area contributed by atoms with Crippen LogP contribution < -0.4 is 10.4 Å². The number of rotatable bonds is 8. The predicted molar refractivity (Wildman–Crippen MR) is 254 cm³/mol. The molecular weight excluding hydrogens is 839 g/mol. The van der Waals surface area contributed by atoms with Gasteiger partial charge in [0.1, 0.15) is 0 Å². The Labute approximate surface area is 368 Å². The van der Waals surface area contributed by atoms with Crippen molar-refractivity contribution in [2.45, 2.75) is 80.1 Å². The molecule has 9 rings (SSSR count). The molecule has 0 spiro atoms. The molecule has 2 radical (unpaired) electrons. The first-order valence-corrected chi connectivity index (χ1v) is 28.1. The largest absolute Gasteiger partial charge is 0.184 e. The zero-order chi connectivity index (χ0) is 41.0. The summed E-state index contributed by atoms with van der Waals surface area (Å²) >= 11 is -0.826. The second-order valence-electron chi connectivity index (χ2n) is 15.0. The van der Waals surface area contributed by atoms with Crippen molar-refractivity contribution in [2.24, 2.45) is 0 Å². The Bertz CT molecular complexity index is 2400. The van der Waals surface area contributed by atoms with Crippen molar-refractivity contribution in [1.82, 2.24) is 0 Å². The standard InChI is InChI=1S/2C21H23.C12H7Si.2ClH.Zr/c2*1-4-8-17-11-12-18-13-16(5-2)14-20(18)21(17)19-10-7-6-9-15(19)3;1-3-7-11-9(5-1)10-6-2-4-8-12(10)13-11;;;/h2*6-7,9-14H,4-5,8H2,1-3H3;1-7H;2*1H;/q3*-1;;;+2/p-2. The monoisotopic (exact) mass is 889 g/mol. The maximum Gasteiger partial charge on any atom is 0.0920 e. The first kappa shape index (κ1) is 43.8. The summed E-state index contributed by atoms with van der Waals surface area (Å²) in [4.78, 5) is 0. The molecule has 0 bridgehead atoms. The smallest absolute Gasteiger partial charge is 0.0920 e. The maximum absolute atomic E-state index is 4.93. The number of halogens is 2. The van der Waals surface area contributed by atoms with Gasteiger partial charge in [0.15, 0.2) is 0 Å². The van der Waals surface area contributed by atoms with Crippen LogP contribution in [0.15, 0.2) is 140 Å². The van der Waals surface area contributed by atoms with E-state index in [1.54, 1.807) is 0 Å². The first-order chi connectivity index (χ1) is 28.3. The second kappa shape index (κ2) is 21.5. The molecule has 0 atom stereocenters. The zero-order valence-electron chi connectivity index (χ0n) is 34.8. The minimum absolute atomic E-state index is 0.795. The van der Waals surface area contributed by atoms with Crippen LogP contribution in [0.5, 0.6) is 0 Å². The number of benzene rings is 6. The van der Waals surface area contributed by atoms with Gasteiger partial charge in [-0.2, -0.15) is 41.6 Å². The zero-order valence-corrected chi connectivity index (χ0v) is 39.7. The van der Waals surface area contributed by atoms with E-state index in [4.69, 9.17) is 17.0 Å². The molecule has 0 aliphatic carbocycles. The number of hydrogen-bond acceptors (Lipinski definition) is 0. The van der Waals surface area contributed by atoms with Crippen molar-refractivity contribution in [3.63, 3.8) is 0 Å². The van der Waals surface area contributed by atoms with E-state index < -0.39 is 20.8 Å². The van der Waals surface area contributed by atoms with Gasteiger partial charge < -0.3 is 0 Å². The van der Waals surface area contributed by atoms with Crippen molar-refractivity contribution in [3.05, 3.63) is 179 Å². The van der Waals surface area contributed by atoms with Crippen LogP contribution >= 0.6 is 17.0 Å². The van der Waals surface area contributed by atoms with Crippen LogP contribution in [0.4, 0.5) is 0 Å². The Balaban J connectivity index is 0.000000145. The number of aryl methyl sites for hydroxylation is 6. The van der Waals surface area contributed by atoms with Gasteiger partial charge in [0.05, 0.1) is 9.52 Å². The molecule has 0 unspecified atom stereocenters. The van der Waals surface area contributed by atoms with Gasteiger partial charge in [0.2, 0.25) is 0 Å². The quantitative estimate of drug-likeness (QED) is 0.105. The van der Waals surface area contributed by atoms with Crippen molar-refractivity contribution >= 4 is 58.5 Å². The molecule has 1 heterocycles. The van der Waals surface area contributed by atoms with Gasteiger partial charge in [-0.15, -0.1) is 74.6 Å². The van der Waals surface area contributed by atoms with E-state index in [2.05, 4.69) is 181 Å². The molecular formula is C54H53Cl2SiZr-3. The van der Waals surface area contributed by atoms with Gasteiger partial charge in [-0.3, -0.25) is 0 Å². The Morgan fingerprint density at radius 3 is 1.47 bits per heavy atom. The van der Waals surface area contributed by atoms with Crippen LogP contribution in [0.25, 0.3) is 54.9 Å². The molecule has 0 fully saturated rings. The van der Waals surface area contributed by atoms with Gasteiger partial charge in [0.25, 0.3) is 0 Å². The van der Waals surface area contributed by atoms with Crippen LogP contribution in [0.2, 0.25) is 0 Å². The van der Waals surface area contributed by atoms with Crippen molar-refractivity contribution < 1.29 is 20.8 Å². The molecule has 0 nitrogen and oxygen atoms in total. The summed E-state index contributed by atoms with van der Waals surface area (Å²) in [6.07, 6.45) is 6.87. The average Bonchev–Trinajstić information content (AvgIpc) is 3.98. The Kier molecular flexibility index (Phi) is 16.2. The Morgan fingerprint density at radius 1 is 0.552 bits per heavy atom. The number of hydrogen-bond donors (Lipinski definition) is 0. The third kappa shape index (κ3) is 10.1. The molecule has 0 saturated carbocycles. The SMILES string of the molecule is CCCc1ccc2[cH-]c(CC)cc2c1-c1ccccc1C.CCCc1ccc2[cH-]c(CC)cc2c1-c1ccccc1C.[Cl][Zr][Cl].[c-]1cccc2c1[Si]c1ccccc1-2. The molecule has 0 N–H and O–H groups in total. The summed E-state index contributed by atoms with van der Waals surface area (Å²) in [5, 5.41) is 8.43. The fourth-order valence-electron chi connectivity index (χ4n) is 8.21. The van der Waals surface area contributed by atoms with E-state index in [9.17, 15) is 0 Å². The summed E-state index contributed by atoms with van der Waals surface area (Å²) in [6.45, 7) is 13.4. The van der Waals surface area contributed by atoms with Crippen molar-refractivity contribution in [3.8, 4) is 33.4 Å². The van der Waals surface area contributed by atoms with Gasteiger partial charge in [-0.25, -0.2) is 0 Å². The van der Waals surface area contributed by atoms with Gasteiger partial charge >= 0.3 is 37.9 Å². The van der Waals surface area contributed by atoms with Gasteiger partial charge in [-0.05, 0) is 61.8 Å². The summed E-state index contributed by atoms with van der Waals surface area (Å²) in [5.74, 6) is 0. The fourth-order valence-corrected chi connectivity index (χ4v) is 9.52. The topological polar surface area (TPSA) is 0 Å². The van der Waals surface area contributed by atoms with E-state index in [0.29, 0.717) is 0 Å². The summed E-state index contributed by atoms with van der Waals surface area (Å²) < 4.78 is 0. The molecule has 1 aliphatic rings. The molecule has 58 heavy (non-hydrogen) atoms. The van der Waals surface area contributed by atoms with Crippen LogP contribution in [-0.2, 0) is 46.5 Å². The minimum Gasteiger partial charge on any atom is -0.184 e. The van der Waals surface area contributed by atoms with Crippen molar-refractivity contribution in [1.29, 1.82) is 0 Å². The normalized spacial score (nSPS) is 11.1. The molecule has 294 valence electrons. The van der Waals surface area contributed by atoms with Crippen LogP contribution in [0, 0.1) is 19.9 Å². The average molecular weight is 892 g/mol. The van der Waals surface area contributed by atoms with E-state index in [1.807, 2.05) is 6.07 Å². The summed E-state index contributed by atoms with van der Waals surface area (Å²) in [6, 6.07) is 54.4. The third-order valence-corrected chi connectivity index (χ3v) is 12.5. The van der Waals surface area contributed by atoms with Gasteiger partial charge in [-0.1, -0.05) is 146 Å². The molecule has 4 heteroatoms. The Morgan fingerprint density at radius 2 is 1.00 bits per heavy atom. The summed E-state index contributed by atoms with van der Waals surface area (Å²) in [5.41, 5.74) is 17.0.